The number of hydrogen-bond acceptors (Lipinski definition) is 8. The number of nitrogens with zero attached hydrogens (tertiary/aromatic N) is 2. The van der Waals surface area contributed by atoms with Crippen molar-refractivity contribution in [1.82, 2.24) is 9.21 Å². The number of urea groups is 1. The zero-order valence-electron chi connectivity index (χ0n) is 25.3. The highest BCUT2D eigenvalue weighted by Gasteiger charge is 2.36. The van der Waals surface area contributed by atoms with Gasteiger partial charge in [0.2, 0.25) is 10.0 Å². The highest BCUT2D eigenvalue weighted by molar-refractivity contribution is 7.89. The summed E-state index contributed by atoms with van der Waals surface area (Å²) < 4.78 is 44.9. The van der Waals surface area contributed by atoms with Crippen LogP contribution in [0, 0.1) is 5.92 Å². The topological polar surface area (TPSA) is 147 Å². The van der Waals surface area contributed by atoms with Gasteiger partial charge in [0.15, 0.2) is 5.75 Å². The molecule has 236 valence electrons. The second kappa shape index (κ2) is 14.0. The summed E-state index contributed by atoms with van der Waals surface area (Å²) in [6, 6.07) is 16.5. The fourth-order valence-corrected chi connectivity index (χ4v) is 5.98. The van der Waals surface area contributed by atoms with E-state index in [0.717, 1.165) is 0 Å². The van der Waals surface area contributed by atoms with E-state index in [1.807, 2.05) is 6.92 Å². The number of nitrogens with one attached hydrogen (secondary N) is 2. The lowest BCUT2D eigenvalue weighted by Crippen LogP contribution is -2.50. The van der Waals surface area contributed by atoms with Crippen LogP contribution >= 0.6 is 0 Å². The highest BCUT2D eigenvalue weighted by Crippen LogP contribution is 2.35. The second-order valence-electron chi connectivity index (χ2n) is 10.6. The first-order valence-corrected chi connectivity index (χ1v) is 15.5. The van der Waals surface area contributed by atoms with E-state index in [9.17, 15) is 23.1 Å². The third-order valence-corrected chi connectivity index (χ3v) is 9.33. The Hall–Kier alpha value is -4.33. The minimum absolute atomic E-state index is 0.0586. The van der Waals surface area contributed by atoms with Crippen LogP contribution in [0.2, 0.25) is 0 Å². The third kappa shape index (κ3) is 7.24. The number of fused-ring (bicyclic) bond motifs is 1. The fraction of sp³-hybridized carbons (Fsp3) is 0.355. The maximum Gasteiger partial charge on any atom is 0.323 e. The Morgan fingerprint density at radius 1 is 1.05 bits per heavy atom. The number of methoxy groups -OCH3 is 2. The van der Waals surface area contributed by atoms with Crippen molar-refractivity contribution in [2.24, 2.45) is 5.92 Å². The lowest BCUT2D eigenvalue weighted by molar-refractivity contribution is 0.0389. The van der Waals surface area contributed by atoms with Crippen molar-refractivity contribution < 1.29 is 37.3 Å². The Morgan fingerprint density at radius 3 is 2.25 bits per heavy atom. The molecule has 1 aliphatic heterocycles. The van der Waals surface area contributed by atoms with Crippen LogP contribution in [0.5, 0.6) is 17.2 Å². The number of likely N-dealkylation sites (N-methyl/N-ethyl adjacent to an activating group) is 1. The molecule has 44 heavy (non-hydrogen) atoms. The summed E-state index contributed by atoms with van der Waals surface area (Å²) in [6.07, 6.45) is -0.735. The van der Waals surface area contributed by atoms with Gasteiger partial charge in [0.1, 0.15) is 17.6 Å². The van der Waals surface area contributed by atoms with E-state index in [2.05, 4.69) is 10.6 Å². The molecule has 1 aliphatic rings. The molecule has 3 N–H and O–H groups in total. The number of rotatable bonds is 10. The number of aliphatic hydroxyl groups is 1. The summed E-state index contributed by atoms with van der Waals surface area (Å²) in [6.45, 7) is 3.45. The zero-order chi connectivity index (χ0) is 32.0. The first kappa shape index (κ1) is 32.6. The van der Waals surface area contributed by atoms with Crippen molar-refractivity contribution in [1.29, 1.82) is 0 Å². The maximum atomic E-state index is 13.7. The Labute approximate surface area is 257 Å². The molecule has 13 heteroatoms. The Morgan fingerprint density at radius 2 is 1.66 bits per heavy atom. The molecule has 0 saturated heterocycles. The number of aliphatic hydroxyl groups excluding tert-OH is 1. The predicted molar refractivity (Wildman–Crippen MR) is 166 cm³/mol. The predicted octanol–water partition coefficient (Wildman–Crippen LogP) is 3.89. The van der Waals surface area contributed by atoms with Gasteiger partial charge in [0, 0.05) is 25.2 Å². The normalized spacial score (nSPS) is 17.5. The summed E-state index contributed by atoms with van der Waals surface area (Å²) in [5.41, 5.74) is 0.905. The number of carbonyl (C=O) groups excluding carboxylic acids is 2. The smallest absolute Gasteiger partial charge is 0.323 e. The molecule has 0 aliphatic carbocycles. The lowest BCUT2D eigenvalue weighted by atomic mass is 9.99. The molecule has 0 fully saturated rings. The van der Waals surface area contributed by atoms with E-state index in [0.29, 0.717) is 17.2 Å². The number of hydrogen-bond donors (Lipinski definition) is 3. The van der Waals surface area contributed by atoms with Crippen molar-refractivity contribution in [3.63, 3.8) is 0 Å². The Kier molecular flexibility index (Phi) is 10.3. The highest BCUT2D eigenvalue weighted by atomic mass is 32.2. The van der Waals surface area contributed by atoms with E-state index >= 15 is 0 Å². The molecule has 0 aromatic heterocycles. The summed E-state index contributed by atoms with van der Waals surface area (Å²) >= 11 is 0. The number of amides is 3. The average Bonchev–Trinajstić information content (AvgIpc) is 3.02. The molecule has 0 bridgehead atoms. The van der Waals surface area contributed by atoms with Gasteiger partial charge < -0.3 is 34.9 Å². The van der Waals surface area contributed by atoms with E-state index < -0.39 is 28.2 Å². The first-order valence-electron chi connectivity index (χ1n) is 14.0. The van der Waals surface area contributed by atoms with Crippen LogP contribution in [0.25, 0.3) is 0 Å². The van der Waals surface area contributed by atoms with E-state index in [-0.39, 0.29) is 53.4 Å². The van der Waals surface area contributed by atoms with Gasteiger partial charge >= 0.3 is 6.03 Å². The Balaban J connectivity index is 1.66. The van der Waals surface area contributed by atoms with Gasteiger partial charge in [-0.05, 0) is 67.6 Å². The van der Waals surface area contributed by atoms with Gasteiger partial charge in [-0.15, -0.1) is 0 Å². The quantitative estimate of drug-likeness (QED) is 0.307. The summed E-state index contributed by atoms with van der Waals surface area (Å²) in [4.78, 5) is 28.4. The molecule has 0 radical (unpaired) electrons. The number of sulfonamides is 1. The average molecular weight is 627 g/mol. The SMILES string of the molecule is COc1ccc(NC(=O)Nc2cccc3c2O[C@@H](CN(C)S(=O)(=O)c2ccc(OC)cc2)[C@@H](C)CN([C@H](C)CO)C3=O)cc1. The molecule has 0 spiro atoms. The van der Waals surface area contributed by atoms with Crippen molar-refractivity contribution in [3.8, 4) is 17.2 Å². The van der Waals surface area contributed by atoms with Gasteiger partial charge in [-0.2, -0.15) is 4.31 Å². The molecule has 3 aromatic rings. The third-order valence-electron chi connectivity index (χ3n) is 7.49. The molecule has 3 aromatic carbocycles. The minimum atomic E-state index is -3.91. The molecule has 12 nitrogen and oxygen atoms in total. The minimum Gasteiger partial charge on any atom is -0.497 e. The Bertz CT molecular complexity index is 1560. The van der Waals surface area contributed by atoms with Crippen molar-refractivity contribution in [3.05, 3.63) is 72.3 Å². The van der Waals surface area contributed by atoms with Crippen molar-refractivity contribution in [2.45, 2.75) is 30.9 Å². The van der Waals surface area contributed by atoms with Crippen LogP contribution in [-0.2, 0) is 10.0 Å². The van der Waals surface area contributed by atoms with E-state index in [1.165, 1.54) is 35.5 Å². The molecule has 3 amide bonds. The number of carbonyl (C=O) groups is 2. The molecular formula is C31H38N4O8S. The largest absolute Gasteiger partial charge is 0.497 e. The van der Waals surface area contributed by atoms with E-state index in [4.69, 9.17) is 14.2 Å². The van der Waals surface area contributed by atoms with Crippen LogP contribution in [-0.4, -0.2) is 87.8 Å². The molecule has 0 unspecified atom stereocenters. The molecule has 4 rings (SSSR count). The van der Waals surface area contributed by atoms with E-state index in [1.54, 1.807) is 68.6 Å². The molecule has 3 atom stereocenters. The molecule has 1 heterocycles. The summed E-state index contributed by atoms with van der Waals surface area (Å²) in [5.74, 6) is 0.512. The van der Waals surface area contributed by atoms with Crippen LogP contribution in [0.4, 0.5) is 16.2 Å². The number of ether oxygens (including phenoxy) is 3. The zero-order valence-corrected chi connectivity index (χ0v) is 26.1. The van der Waals surface area contributed by atoms with Crippen molar-refractivity contribution in [2.75, 3.05) is 51.6 Å². The lowest BCUT2D eigenvalue weighted by Gasteiger charge is -2.38. The molecule has 0 saturated carbocycles. The van der Waals surface area contributed by atoms with Gasteiger partial charge in [-0.25, -0.2) is 13.2 Å². The maximum absolute atomic E-state index is 13.7. The number of para-hydroxylation sites is 1. The van der Waals surface area contributed by atoms with Crippen molar-refractivity contribution >= 4 is 33.3 Å². The first-order chi connectivity index (χ1) is 21.0. The molecular weight excluding hydrogens is 588 g/mol. The summed E-state index contributed by atoms with van der Waals surface area (Å²) in [7, 11) is 0.591. The van der Waals surface area contributed by atoms with Crippen LogP contribution in [0.1, 0.15) is 24.2 Å². The number of benzene rings is 3. The van der Waals surface area contributed by atoms with Gasteiger partial charge in [0.25, 0.3) is 5.91 Å². The van der Waals surface area contributed by atoms with Crippen LogP contribution < -0.4 is 24.8 Å². The second-order valence-corrected chi connectivity index (χ2v) is 12.6. The van der Waals surface area contributed by atoms with Gasteiger partial charge in [-0.1, -0.05) is 13.0 Å². The van der Waals surface area contributed by atoms with Gasteiger partial charge in [0.05, 0.1) is 49.6 Å². The number of anilines is 2. The monoisotopic (exact) mass is 626 g/mol. The van der Waals surface area contributed by atoms with Crippen LogP contribution in [0.3, 0.4) is 0 Å². The summed E-state index contributed by atoms with van der Waals surface area (Å²) in [5, 5.41) is 15.4. The van der Waals surface area contributed by atoms with Gasteiger partial charge in [-0.3, -0.25) is 4.79 Å². The van der Waals surface area contributed by atoms with Crippen LogP contribution in [0.15, 0.2) is 71.6 Å². The standard InChI is InChI=1S/C31H38N4O8S/c1-20-17-35(21(2)19-36)30(37)26-7-6-8-27(33-31(38)32-22-9-11-23(41-4)12-10-22)29(26)43-28(20)18-34(3)44(39,40)25-15-13-24(42-5)14-16-25/h6-16,20-21,28,36H,17-19H2,1-5H3,(H2,32,33,38)/t20-,21+,28-/m0/s1. The fourth-order valence-electron chi connectivity index (χ4n) is 4.80.